The predicted molar refractivity (Wildman–Crippen MR) is 60.9 cm³/mol. The maximum absolute atomic E-state index is 13.3. The van der Waals surface area contributed by atoms with Crippen LogP contribution in [0.3, 0.4) is 0 Å². The van der Waals surface area contributed by atoms with Crippen molar-refractivity contribution in [3.05, 3.63) is 24.0 Å². The molecule has 3 nitrogen and oxygen atoms in total. The summed E-state index contributed by atoms with van der Waals surface area (Å²) in [5, 5.41) is 0. The summed E-state index contributed by atoms with van der Waals surface area (Å²) in [4.78, 5) is 2.17. The van der Waals surface area contributed by atoms with Crippen LogP contribution < -0.4 is 10.6 Å². The lowest BCUT2D eigenvalue weighted by Crippen LogP contribution is -2.42. The second kappa shape index (κ2) is 3.63. The minimum atomic E-state index is -0.270. The minimum Gasteiger partial charge on any atom is -0.399 e. The van der Waals surface area contributed by atoms with E-state index < -0.39 is 0 Å². The zero-order chi connectivity index (χ0) is 11.1. The van der Waals surface area contributed by atoms with Gasteiger partial charge in [-0.3, -0.25) is 0 Å². The Balaban J connectivity index is 1.86. The van der Waals surface area contributed by atoms with Crippen molar-refractivity contribution in [2.75, 3.05) is 23.7 Å². The molecule has 2 saturated heterocycles. The van der Waals surface area contributed by atoms with E-state index in [0.29, 0.717) is 17.9 Å². The molecule has 0 aromatic heterocycles. The number of fused-ring (bicyclic) bond motifs is 2. The standard InChI is InChI=1S/C12H15FN2O/c13-8-3-9(14)5-10(4-8)15-6-11-1-2-12(7-15)16-11/h3-5,11-12H,1-2,6-7,14H2. The van der Waals surface area contributed by atoms with Crippen LogP contribution in [0.5, 0.6) is 0 Å². The van der Waals surface area contributed by atoms with Gasteiger partial charge in [0.1, 0.15) is 5.82 Å². The molecule has 16 heavy (non-hydrogen) atoms. The Kier molecular flexibility index (Phi) is 2.24. The van der Waals surface area contributed by atoms with Crippen LogP contribution in [0.15, 0.2) is 18.2 Å². The van der Waals surface area contributed by atoms with E-state index in [9.17, 15) is 4.39 Å². The van der Waals surface area contributed by atoms with Crippen molar-refractivity contribution >= 4 is 11.4 Å². The molecular formula is C12H15FN2O. The molecule has 0 amide bonds. The Bertz CT molecular complexity index is 378. The Labute approximate surface area is 94.0 Å². The fourth-order valence-corrected chi connectivity index (χ4v) is 2.60. The van der Waals surface area contributed by atoms with Gasteiger partial charge < -0.3 is 15.4 Å². The number of nitrogen functional groups attached to an aromatic ring is 1. The minimum absolute atomic E-state index is 0.270. The van der Waals surface area contributed by atoms with Crippen molar-refractivity contribution in [3.63, 3.8) is 0 Å². The summed E-state index contributed by atoms with van der Waals surface area (Å²) in [5.74, 6) is -0.270. The predicted octanol–water partition coefficient (Wildman–Crippen LogP) is 1.78. The van der Waals surface area contributed by atoms with E-state index in [4.69, 9.17) is 10.5 Å². The molecule has 2 fully saturated rings. The number of ether oxygens (including phenoxy) is 1. The molecule has 1 aromatic carbocycles. The third-order valence-electron chi connectivity index (χ3n) is 3.31. The van der Waals surface area contributed by atoms with E-state index >= 15 is 0 Å². The van der Waals surface area contributed by atoms with E-state index in [0.717, 1.165) is 31.6 Å². The van der Waals surface area contributed by atoms with Crippen molar-refractivity contribution in [1.29, 1.82) is 0 Å². The number of nitrogens with zero attached hydrogens (tertiary/aromatic N) is 1. The van der Waals surface area contributed by atoms with Crippen molar-refractivity contribution < 1.29 is 9.13 Å². The molecular weight excluding hydrogens is 207 g/mol. The topological polar surface area (TPSA) is 38.5 Å². The van der Waals surface area contributed by atoms with E-state index in [-0.39, 0.29) is 5.82 Å². The van der Waals surface area contributed by atoms with Crippen LogP contribution in [0.1, 0.15) is 12.8 Å². The molecule has 2 bridgehead atoms. The van der Waals surface area contributed by atoms with Crippen LogP contribution >= 0.6 is 0 Å². The second-order valence-electron chi connectivity index (χ2n) is 4.61. The van der Waals surface area contributed by atoms with Gasteiger partial charge in [-0.15, -0.1) is 0 Å². The number of rotatable bonds is 1. The van der Waals surface area contributed by atoms with Gasteiger partial charge in [-0.25, -0.2) is 4.39 Å². The summed E-state index contributed by atoms with van der Waals surface area (Å²) in [6.07, 6.45) is 2.85. The third kappa shape index (κ3) is 1.73. The highest BCUT2D eigenvalue weighted by molar-refractivity contribution is 5.56. The van der Waals surface area contributed by atoms with E-state index in [1.165, 1.54) is 6.07 Å². The molecule has 0 aliphatic carbocycles. The Hall–Kier alpha value is -1.29. The summed E-state index contributed by atoms with van der Waals surface area (Å²) in [6, 6.07) is 4.72. The number of anilines is 2. The highest BCUT2D eigenvalue weighted by Crippen LogP contribution is 2.30. The fourth-order valence-electron chi connectivity index (χ4n) is 2.60. The summed E-state index contributed by atoms with van der Waals surface area (Å²) in [6.45, 7) is 1.69. The van der Waals surface area contributed by atoms with Crippen molar-refractivity contribution in [3.8, 4) is 0 Å². The van der Waals surface area contributed by atoms with Crippen LogP contribution in [-0.2, 0) is 4.74 Å². The number of hydrogen-bond donors (Lipinski definition) is 1. The molecule has 3 rings (SSSR count). The maximum atomic E-state index is 13.3. The van der Waals surface area contributed by atoms with Crippen molar-refractivity contribution in [1.82, 2.24) is 0 Å². The van der Waals surface area contributed by atoms with E-state index in [1.54, 1.807) is 6.07 Å². The van der Waals surface area contributed by atoms with Gasteiger partial charge in [0.15, 0.2) is 0 Å². The van der Waals surface area contributed by atoms with E-state index in [1.807, 2.05) is 6.07 Å². The number of benzene rings is 1. The van der Waals surface area contributed by atoms with Gasteiger partial charge in [0.25, 0.3) is 0 Å². The normalized spacial score (nSPS) is 28.4. The van der Waals surface area contributed by atoms with Crippen LogP contribution in [0.25, 0.3) is 0 Å². The maximum Gasteiger partial charge on any atom is 0.127 e. The molecule has 0 saturated carbocycles. The molecule has 2 aliphatic rings. The first-order valence-electron chi connectivity index (χ1n) is 5.67. The molecule has 2 aliphatic heterocycles. The summed E-state index contributed by atoms with van der Waals surface area (Å²) in [5.41, 5.74) is 7.01. The molecule has 2 atom stereocenters. The highest BCUT2D eigenvalue weighted by Gasteiger charge is 2.33. The average Bonchev–Trinajstić information content (AvgIpc) is 2.56. The van der Waals surface area contributed by atoms with Gasteiger partial charge in [0, 0.05) is 24.5 Å². The Morgan fingerprint density at radius 1 is 1.19 bits per heavy atom. The number of hydrogen-bond acceptors (Lipinski definition) is 3. The average molecular weight is 222 g/mol. The molecule has 0 spiro atoms. The van der Waals surface area contributed by atoms with Crippen molar-refractivity contribution in [2.24, 2.45) is 0 Å². The van der Waals surface area contributed by atoms with Gasteiger partial charge in [0.05, 0.1) is 12.2 Å². The number of morpholine rings is 1. The second-order valence-corrected chi connectivity index (χ2v) is 4.61. The largest absolute Gasteiger partial charge is 0.399 e. The van der Waals surface area contributed by atoms with Gasteiger partial charge in [-0.05, 0) is 31.0 Å². The fraction of sp³-hybridized carbons (Fsp3) is 0.500. The molecule has 86 valence electrons. The zero-order valence-corrected chi connectivity index (χ0v) is 9.03. The van der Waals surface area contributed by atoms with Gasteiger partial charge in [-0.2, -0.15) is 0 Å². The Morgan fingerprint density at radius 2 is 1.88 bits per heavy atom. The first kappa shape index (κ1) is 9.90. The molecule has 0 radical (unpaired) electrons. The summed E-state index contributed by atoms with van der Waals surface area (Å²) < 4.78 is 19.0. The highest BCUT2D eigenvalue weighted by atomic mass is 19.1. The van der Waals surface area contributed by atoms with Crippen LogP contribution in [-0.4, -0.2) is 25.3 Å². The first-order chi connectivity index (χ1) is 7.70. The smallest absolute Gasteiger partial charge is 0.127 e. The van der Waals surface area contributed by atoms with Crippen LogP contribution in [0, 0.1) is 5.82 Å². The lowest BCUT2D eigenvalue weighted by atomic mass is 10.2. The molecule has 2 unspecified atom stereocenters. The third-order valence-corrected chi connectivity index (χ3v) is 3.31. The summed E-state index contributed by atoms with van der Waals surface area (Å²) >= 11 is 0. The van der Waals surface area contributed by atoms with Crippen LogP contribution in [0.2, 0.25) is 0 Å². The molecule has 1 aromatic rings. The number of nitrogens with two attached hydrogens (primary N) is 1. The molecule has 2 N–H and O–H groups in total. The van der Waals surface area contributed by atoms with Crippen LogP contribution in [0.4, 0.5) is 15.8 Å². The lowest BCUT2D eigenvalue weighted by Gasteiger charge is -2.34. The lowest BCUT2D eigenvalue weighted by molar-refractivity contribution is 0.0305. The van der Waals surface area contributed by atoms with E-state index in [2.05, 4.69) is 4.90 Å². The van der Waals surface area contributed by atoms with Gasteiger partial charge in [-0.1, -0.05) is 0 Å². The molecule has 4 heteroatoms. The SMILES string of the molecule is Nc1cc(F)cc(N2CC3CCC(C2)O3)c1. The molecule has 2 heterocycles. The van der Waals surface area contributed by atoms with Crippen molar-refractivity contribution in [2.45, 2.75) is 25.0 Å². The monoisotopic (exact) mass is 222 g/mol. The summed E-state index contributed by atoms with van der Waals surface area (Å²) in [7, 11) is 0. The number of halogens is 1. The zero-order valence-electron chi connectivity index (χ0n) is 9.03. The van der Waals surface area contributed by atoms with Gasteiger partial charge in [0.2, 0.25) is 0 Å². The van der Waals surface area contributed by atoms with Gasteiger partial charge >= 0.3 is 0 Å². The first-order valence-corrected chi connectivity index (χ1v) is 5.67. The Morgan fingerprint density at radius 3 is 2.50 bits per heavy atom. The quantitative estimate of drug-likeness (QED) is 0.736.